The maximum Gasteiger partial charge on any atom is 0.309 e. The zero-order valence-electron chi connectivity index (χ0n) is 8.88. The van der Waals surface area contributed by atoms with Gasteiger partial charge in [0.2, 0.25) is 0 Å². The van der Waals surface area contributed by atoms with Gasteiger partial charge < -0.3 is 10.1 Å². The van der Waals surface area contributed by atoms with Gasteiger partial charge in [-0.05, 0) is 0 Å². The molecule has 5 nitrogen and oxygen atoms in total. The fourth-order valence-corrected chi connectivity index (χ4v) is 1.47. The Kier molecular flexibility index (Phi) is 3.00. The Hall–Kier alpha value is -2.43. The summed E-state index contributed by atoms with van der Waals surface area (Å²) in [6.45, 7) is 0. The third-order valence-corrected chi connectivity index (χ3v) is 2.28. The number of imidazole rings is 1. The van der Waals surface area contributed by atoms with Gasteiger partial charge >= 0.3 is 5.97 Å². The van der Waals surface area contributed by atoms with Crippen molar-refractivity contribution in [2.24, 2.45) is 0 Å². The summed E-state index contributed by atoms with van der Waals surface area (Å²) in [5.74, 6) is -0.321. The summed E-state index contributed by atoms with van der Waals surface area (Å²) in [5.41, 5.74) is 1.88. The highest BCUT2D eigenvalue weighted by molar-refractivity contribution is 5.76. The minimum absolute atomic E-state index is 0.108. The summed E-state index contributed by atoms with van der Waals surface area (Å²) >= 11 is 0. The molecule has 0 saturated carbocycles. The molecule has 0 aliphatic heterocycles. The summed E-state index contributed by atoms with van der Waals surface area (Å²) in [4.78, 5) is 28.0. The van der Waals surface area contributed by atoms with Crippen LogP contribution in [0.1, 0.15) is 16.1 Å². The van der Waals surface area contributed by atoms with Gasteiger partial charge in [-0.15, -0.1) is 0 Å². The van der Waals surface area contributed by atoms with Crippen molar-refractivity contribution in [1.29, 1.82) is 0 Å². The van der Waals surface area contributed by atoms with Crippen LogP contribution in [-0.2, 0) is 11.2 Å². The first-order valence-electron chi connectivity index (χ1n) is 5.01. The van der Waals surface area contributed by atoms with Crippen molar-refractivity contribution in [2.75, 3.05) is 0 Å². The normalized spacial score (nSPS) is 10.1. The maximum absolute atomic E-state index is 10.5. The molecule has 0 amide bonds. The molecule has 0 atom stereocenters. The van der Waals surface area contributed by atoms with Crippen LogP contribution in [0.2, 0.25) is 0 Å². The summed E-state index contributed by atoms with van der Waals surface area (Å²) in [6.07, 6.45) is 2.22. The van der Waals surface area contributed by atoms with Gasteiger partial charge in [0.25, 0.3) is 0 Å². The van der Waals surface area contributed by atoms with Gasteiger partial charge in [0.15, 0.2) is 0 Å². The number of nitrogens with one attached hydrogen (secondary N) is 1. The third-order valence-electron chi connectivity index (χ3n) is 2.28. The number of H-pyrrole nitrogens is 1. The minimum atomic E-state index is -0.917. The van der Waals surface area contributed by atoms with Crippen LogP contribution < -0.4 is 0 Å². The Morgan fingerprint density at radius 2 is 2.06 bits per heavy atom. The van der Waals surface area contributed by atoms with E-state index in [2.05, 4.69) is 9.97 Å². The van der Waals surface area contributed by atoms with E-state index >= 15 is 0 Å². The van der Waals surface area contributed by atoms with Gasteiger partial charge in [-0.2, -0.15) is 0 Å². The first kappa shape index (κ1) is 11.1. The molecule has 0 spiro atoms. The molecule has 0 bridgehead atoms. The highest BCUT2D eigenvalue weighted by atomic mass is 16.4. The predicted molar refractivity (Wildman–Crippen MR) is 60.8 cm³/mol. The Morgan fingerprint density at radius 3 is 2.65 bits per heavy atom. The number of aldehydes is 1. The van der Waals surface area contributed by atoms with Gasteiger partial charge in [-0.3, -0.25) is 9.59 Å². The second-order valence-corrected chi connectivity index (χ2v) is 3.55. The molecule has 0 fully saturated rings. The lowest BCUT2D eigenvalue weighted by Crippen LogP contribution is -1.99. The van der Waals surface area contributed by atoms with Crippen LogP contribution in [0.25, 0.3) is 11.4 Å². The number of benzene rings is 1. The molecular formula is C12H10N2O3. The van der Waals surface area contributed by atoms with Crippen molar-refractivity contribution in [3.63, 3.8) is 0 Å². The molecule has 2 rings (SSSR count). The van der Waals surface area contributed by atoms with Crippen molar-refractivity contribution < 1.29 is 14.7 Å². The van der Waals surface area contributed by atoms with E-state index in [0.29, 0.717) is 17.1 Å². The van der Waals surface area contributed by atoms with Gasteiger partial charge in [-0.1, -0.05) is 24.3 Å². The molecule has 0 saturated heterocycles. The smallest absolute Gasteiger partial charge is 0.309 e. The quantitative estimate of drug-likeness (QED) is 0.780. The van der Waals surface area contributed by atoms with Crippen LogP contribution in [0.5, 0.6) is 0 Å². The Morgan fingerprint density at radius 1 is 1.35 bits per heavy atom. The summed E-state index contributed by atoms with van der Waals surface area (Å²) in [5, 5.41) is 8.62. The van der Waals surface area contributed by atoms with E-state index < -0.39 is 5.97 Å². The average Bonchev–Trinajstić information content (AvgIpc) is 2.77. The third kappa shape index (κ3) is 2.57. The Balaban J connectivity index is 2.23. The van der Waals surface area contributed by atoms with Crippen LogP contribution in [-0.4, -0.2) is 27.3 Å². The molecular weight excluding hydrogens is 220 g/mol. The van der Waals surface area contributed by atoms with Crippen molar-refractivity contribution in [1.82, 2.24) is 9.97 Å². The van der Waals surface area contributed by atoms with E-state index in [0.717, 1.165) is 11.8 Å². The molecule has 86 valence electrons. The number of carboxylic acids is 1. The van der Waals surface area contributed by atoms with E-state index in [1.165, 1.54) is 0 Å². The van der Waals surface area contributed by atoms with Crippen LogP contribution >= 0.6 is 0 Å². The van der Waals surface area contributed by atoms with Gasteiger partial charge in [-0.25, -0.2) is 4.98 Å². The number of hydrogen-bond donors (Lipinski definition) is 2. The number of carbonyl (C=O) groups is 2. The van der Waals surface area contributed by atoms with Crippen LogP contribution in [0.4, 0.5) is 0 Å². The van der Waals surface area contributed by atoms with E-state index in [-0.39, 0.29) is 6.42 Å². The van der Waals surface area contributed by atoms with E-state index in [4.69, 9.17) is 5.11 Å². The second kappa shape index (κ2) is 4.61. The fourth-order valence-electron chi connectivity index (χ4n) is 1.47. The maximum atomic E-state index is 10.5. The largest absolute Gasteiger partial charge is 0.481 e. The van der Waals surface area contributed by atoms with Gasteiger partial charge in [0.05, 0.1) is 12.1 Å². The number of aromatic amines is 1. The van der Waals surface area contributed by atoms with Crippen LogP contribution in [0, 0.1) is 0 Å². The monoisotopic (exact) mass is 230 g/mol. The molecule has 0 aliphatic rings. The van der Waals surface area contributed by atoms with E-state index in [1.807, 2.05) is 0 Å². The molecule has 1 aromatic carbocycles. The number of nitrogens with zero attached hydrogens (tertiary/aromatic N) is 1. The van der Waals surface area contributed by atoms with Crippen molar-refractivity contribution in [2.45, 2.75) is 6.42 Å². The molecule has 2 aromatic rings. The zero-order valence-corrected chi connectivity index (χ0v) is 8.88. The van der Waals surface area contributed by atoms with Crippen molar-refractivity contribution >= 4 is 12.3 Å². The lowest BCUT2D eigenvalue weighted by molar-refractivity contribution is -0.136. The second-order valence-electron chi connectivity index (χ2n) is 3.55. The number of aliphatic carboxylic acids is 1. The molecule has 0 aliphatic carbocycles. The number of rotatable bonds is 4. The number of carboxylic acid groups (broad SMARTS) is 1. The Labute approximate surface area is 97.1 Å². The SMILES string of the molecule is O=Cc1ccc(-c2nc(CC(=O)O)c[nH]2)cc1. The van der Waals surface area contributed by atoms with Crippen molar-refractivity contribution in [3.05, 3.63) is 41.7 Å². The standard InChI is InChI=1S/C12H10N2O3/c15-7-8-1-3-9(4-2-8)12-13-6-10(14-12)5-11(16)17/h1-4,6-7H,5H2,(H,13,14)(H,16,17). The topological polar surface area (TPSA) is 83.1 Å². The van der Waals surface area contributed by atoms with E-state index in [1.54, 1.807) is 30.5 Å². The lowest BCUT2D eigenvalue weighted by atomic mass is 10.1. The van der Waals surface area contributed by atoms with Gasteiger partial charge in [0.1, 0.15) is 12.1 Å². The average molecular weight is 230 g/mol. The lowest BCUT2D eigenvalue weighted by Gasteiger charge is -1.96. The first-order valence-corrected chi connectivity index (χ1v) is 5.01. The highest BCUT2D eigenvalue weighted by Gasteiger charge is 2.06. The highest BCUT2D eigenvalue weighted by Crippen LogP contribution is 2.16. The molecule has 0 unspecified atom stereocenters. The summed E-state index contributed by atoms with van der Waals surface area (Å²) in [7, 11) is 0. The number of carbonyl (C=O) groups excluding carboxylic acids is 1. The molecule has 17 heavy (non-hydrogen) atoms. The predicted octanol–water partition coefficient (Wildman–Crippen LogP) is 1.52. The minimum Gasteiger partial charge on any atom is -0.481 e. The zero-order chi connectivity index (χ0) is 12.3. The van der Waals surface area contributed by atoms with Crippen molar-refractivity contribution in [3.8, 4) is 11.4 Å². The Bertz CT molecular complexity index is 543. The molecule has 1 heterocycles. The molecule has 2 N–H and O–H groups in total. The number of hydrogen-bond acceptors (Lipinski definition) is 3. The van der Waals surface area contributed by atoms with Crippen LogP contribution in [0.3, 0.4) is 0 Å². The van der Waals surface area contributed by atoms with Crippen LogP contribution in [0.15, 0.2) is 30.5 Å². The van der Waals surface area contributed by atoms with Gasteiger partial charge in [0, 0.05) is 17.3 Å². The van der Waals surface area contributed by atoms with E-state index in [9.17, 15) is 9.59 Å². The molecule has 0 radical (unpaired) electrons. The summed E-state index contributed by atoms with van der Waals surface area (Å²) in [6, 6.07) is 6.88. The first-order chi connectivity index (χ1) is 8.19. The number of aromatic nitrogens is 2. The molecule has 5 heteroatoms. The molecule has 1 aromatic heterocycles. The summed E-state index contributed by atoms with van der Waals surface area (Å²) < 4.78 is 0. The fraction of sp³-hybridized carbons (Fsp3) is 0.0833.